The van der Waals surface area contributed by atoms with E-state index in [0.29, 0.717) is 21.5 Å². The van der Waals surface area contributed by atoms with Gasteiger partial charge in [-0.3, -0.25) is 4.79 Å². The molecule has 0 aromatic heterocycles. The highest BCUT2D eigenvalue weighted by atomic mass is 79.9. The number of carbonyl (C=O) groups excluding carboxylic acids is 1. The van der Waals surface area contributed by atoms with E-state index < -0.39 is 17.6 Å². The molecule has 4 nitrogen and oxygen atoms in total. The molecule has 0 saturated heterocycles. The number of carbonyl (C=O) groups is 1. The predicted molar refractivity (Wildman–Crippen MR) is 96.4 cm³/mol. The van der Waals surface area contributed by atoms with Crippen molar-refractivity contribution < 1.29 is 27.4 Å². The van der Waals surface area contributed by atoms with Gasteiger partial charge in [-0.15, -0.1) is 0 Å². The zero-order valence-electron chi connectivity index (χ0n) is 13.9. The maximum absolute atomic E-state index is 12.7. The van der Waals surface area contributed by atoms with Gasteiger partial charge in [-0.25, -0.2) is 0 Å². The minimum absolute atomic E-state index is 0.0583. The number of benzene rings is 2. The molecule has 8 heteroatoms. The quantitative estimate of drug-likeness (QED) is 0.669. The van der Waals surface area contributed by atoms with Gasteiger partial charge in [0.1, 0.15) is 0 Å². The van der Waals surface area contributed by atoms with Gasteiger partial charge in [0.25, 0.3) is 0 Å². The van der Waals surface area contributed by atoms with Gasteiger partial charge in [-0.05, 0) is 57.9 Å². The van der Waals surface area contributed by atoms with Crippen molar-refractivity contribution in [1.82, 2.24) is 0 Å². The van der Waals surface area contributed by atoms with Crippen molar-refractivity contribution in [3.8, 4) is 11.5 Å². The first-order valence-electron chi connectivity index (χ1n) is 7.32. The molecule has 0 atom stereocenters. The summed E-state index contributed by atoms with van der Waals surface area (Å²) >= 11 is 3.34. The highest BCUT2D eigenvalue weighted by molar-refractivity contribution is 9.10. The summed E-state index contributed by atoms with van der Waals surface area (Å²) in [5.74, 6) is 0.424. The van der Waals surface area contributed by atoms with Crippen molar-refractivity contribution in [1.29, 1.82) is 0 Å². The summed E-state index contributed by atoms with van der Waals surface area (Å²) in [5, 5.41) is 2.40. The molecule has 26 heavy (non-hydrogen) atoms. The largest absolute Gasteiger partial charge is 0.493 e. The van der Waals surface area contributed by atoms with Crippen LogP contribution in [0.15, 0.2) is 46.9 Å². The third-order valence-corrected chi connectivity index (χ3v) is 3.93. The Morgan fingerprint density at radius 1 is 1.15 bits per heavy atom. The number of methoxy groups -OCH3 is 2. The predicted octanol–water partition coefficient (Wildman–Crippen LogP) is 5.14. The fourth-order valence-electron chi connectivity index (χ4n) is 2.16. The van der Waals surface area contributed by atoms with Gasteiger partial charge in [-0.2, -0.15) is 13.2 Å². The van der Waals surface area contributed by atoms with E-state index in [1.165, 1.54) is 38.5 Å². The van der Waals surface area contributed by atoms with E-state index in [-0.39, 0.29) is 5.69 Å². The first kappa shape index (κ1) is 19.8. The monoisotopic (exact) mass is 429 g/mol. The van der Waals surface area contributed by atoms with Gasteiger partial charge in [0.2, 0.25) is 5.91 Å². The molecule has 0 aliphatic rings. The lowest BCUT2D eigenvalue weighted by Gasteiger charge is -2.10. The molecule has 2 rings (SSSR count). The van der Waals surface area contributed by atoms with E-state index in [1.807, 2.05) is 0 Å². The fourth-order valence-corrected chi connectivity index (χ4v) is 2.78. The molecule has 0 saturated carbocycles. The Labute approximate surface area is 156 Å². The molecule has 1 N–H and O–H groups in total. The molecule has 2 aromatic rings. The van der Waals surface area contributed by atoms with Crippen molar-refractivity contribution in [2.45, 2.75) is 6.18 Å². The number of hydrogen-bond acceptors (Lipinski definition) is 3. The standard InChI is InChI=1S/C18H15BrF3NO3/c1-25-15-9-11(8-14(19)17(15)26-2)6-7-16(24)23-13-5-3-4-12(10-13)18(20,21)22/h3-10H,1-2H3,(H,23,24)/b7-6+. The van der Waals surface area contributed by atoms with Crippen molar-refractivity contribution in [3.05, 3.63) is 58.1 Å². The molecule has 0 aliphatic carbocycles. The maximum atomic E-state index is 12.7. The minimum Gasteiger partial charge on any atom is -0.493 e. The topological polar surface area (TPSA) is 47.6 Å². The highest BCUT2D eigenvalue weighted by Crippen LogP contribution is 2.36. The molecular formula is C18H15BrF3NO3. The number of ether oxygens (including phenoxy) is 2. The summed E-state index contributed by atoms with van der Waals surface area (Å²) in [7, 11) is 2.98. The zero-order valence-corrected chi connectivity index (χ0v) is 15.4. The van der Waals surface area contributed by atoms with Crippen LogP contribution in [0.2, 0.25) is 0 Å². The summed E-state index contributed by atoms with van der Waals surface area (Å²) < 4.78 is 49.1. The second-order valence-corrected chi connectivity index (χ2v) is 5.99. The lowest BCUT2D eigenvalue weighted by Crippen LogP contribution is -2.10. The SMILES string of the molecule is COc1cc(/C=C/C(=O)Nc2cccc(C(F)(F)F)c2)cc(Br)c1OC. The molecule has 0 aliphatic heterocycles. The third kappa shape index (κ3) is 5.01. The number of alkyl halides is 3. The van der Waals surface area contributed by atoms with Crippen molar-refractivity contribution in [2.75, 3.05) is 19.5 Å². The number of halogens is 4. The van der Waals surface area contributed by atoms with Crippen LogP contribution in [0.3, 0.4) is 0 Å². The minimum atomic E-state index is -4.47. The molecule has 0 radical (unpaired) electrons. The van der Waals surface area contributed by atoms with E-state index in [4.69, 9.17) is 9.47 Å². The van der Waals surface area contributed by atoms with Crippen LogP contribution in [0.5, 0.6) is 11.5 Å². The van der Waals surface area contributed by atoms with Crippen LogP contribution in [0.25, 0.3) is 6.08 Å². The Hall–Kier alpha value is -2.48. The van der Waals surface area contributed by atoms with E-state index in [0.717, 1.165) is 12.1 Å². The molecule has 0 fully saturated rings. The van der Waals surface area contributed by atoms with E-state index in [9.17, 15) is 18.0 Å². The van der Waals surface area contributed by atoms with Crippen molar-refractivity contribution in [3.63, 3.8) is 0 Å². The van der Waals surface area contributed by atoms with Crippen LogP contribution in [-0.2, 0) is 11.0 Å². The second-order valence-electron chi connectivity index (χ2n) is 5.14. The Bertz CT molecular complexity index is 835. The summed E-state index contributed by atoms with van der Waals surface area (Å²) in [4.78, 5) is 12.0. The highest BCUT2D eigenvalue weighted by Gasteiger charge is 2.30. The normalized spacial score (nSPS) is 11.5. The third-order valence-electron chi connectivity index (χ3n) is 3.34. The summed E-state index contributed by atoms with van der Waals surface area (Å²) in [5.41, 5.74) is -0.125. The average Bonchev–Trinajstić information content (AvgIpc) is 2.59. The van der Waals surface area contributed by atoms with Gasteiger partial charge in [0, 0.05) is 11.8 Å². The molecule has 1 amide bonds. The van der Waals surface area contributed by atoms with Crippen LogP contribution in [0.1, 0.15) is 11.1 Å². The lowest BCUT2D eigenvalue weighted by atomic mass is 10.1. The molecule has 0 heterocycles. The smallest absolute Gasteiger partial charge is 0.416 e. The zero-order chi connectivity index (χ0) is 19.3. The van der Waals surface area contributed by atoms with Gasteiger partial charge < -0.3 is 14.8 Å². The number of nitrogens with one attached hydrogen (secondary N) is 1. The molecule has 138 valence electrons. The Balaban J connectivity index is 2.14. The van der Waals surface area contributed by atoms with Crippen LogP contribution >= 0.6 is 15.9 Å². The van der Waals surface area contributed by atoms with Gasteiger partial charge in [0.05, 0.1) is 24.3 Å². The number of amides is 1. The molecule has 0 spiro atoms. The van der Waals surface area contributed by atoms with E-state index in [2.05, 4.69) is 21.2 Å². The number of rotatable bonds is 5. The molecule has 0 bridgehead atoms. The number of anilines is 1. The Morgan fingerprint density at radius 2 is 1.88 bits per heavy atom. The lowest BCUT2D eigenvalue weighted by molar-refractivity contribution is -0.137. The maximum Gasteiger partial charge on any atom is 0.416 e. The summed E-state index contributed by atoms with van der Waals surface area (Å²) in [6, 6.07) is 7.81. The van der Waals surface area contributed by atoms with Crippen LogP contribution in [-0.4, -0.2) is 20.1 Å². The Kier molecular flexibility index (Phi) is 6.31. The average molecular weight is 430 g/mol. The molecule has 2 aromatic carbocycles. The molecule has 0 unspecified atom stereocenters. The van der Waals surface area contributed by atoms with Gasteiger partial charge in [-0.1, -0.05) is 6.07 Å². The summed E-state index contributed by atoms with van der Waals surface area (Å²) in [6.45, 7) is 0. The fraction of sp³-hybridized carbons (Fsp3) is 0.167. The number of hydrogen-bond donors (Lipinski definition) is 1. The van der Waals surface area contributed by atoms with E-state index >= 15 is 0 Å². The first-order valence-corrected chi connectivity index (χ1v) is 8.11. The first-order chi connectivity index (χ1) is 12.2. The van der Waals surface area contributed by atoms with Gasteiger partial charge >= 0.3 is 6.18 Å². The van der Waals surface area contributed by atoms with Crippen LogP contribution < -0.4 is 14.8 Å². The van der Waals surface area contributed by atoms with E-state index in [1.54, 1.807) is 12.1 Å². The van der Waals surface area contributed by atoms with Crippen LogP contribution in [0, 0.1) is 0 Å². The van der Waals surface area contributed by atoms with Crippen LogP contribution in [0.4, 0.5) is 18.9 Å². The molecular weight excluding hydrogens is 415 g/mol. The van der Waals surface area contributed by atoms with Crippen molar-refractivity contribution in [2.24, 2.45) is 0 Å². The van der Waals surface area contributed by atoms with Gasteiger partial charge in [0.15, 0.2) is 11.5 Å². The Morgan fingerprint density at radius 3 is 2.50 bits per heavy atom. The summed E-state index contributed by atoms with van der Waals surface area (Å²) in [6.07, 6.45) is -1.74. The second kappa shape index (κ2) is 8.27. The van der Waals surface area contributed by atoms with Crippen molar-refractivity contribution >= 4 is 33.6 Å².